The summed E-state index contributed by atoms with van der Waals surface area (Å²) in [4.78, 5) is 11.0. The second-order valence-electron chi connectivity index (χ2n) is 4.35. The molecule has 4 nitrogen and oxygen atoms in total. The molecule has 0 fully saturated rings. The minimum atomic E-state index is -0.772. The first-order valence-corrected chi connectivity index (χ1v) is 4.99. The average molecular weight is 210 g/mol. The van der Waals surface area contributed by atoms with Crippen LogP contribution < -0.4 is 5.32 Å². The molecule has 0 aliphatic rings. The number of carbonyl (C=O) groups is 1. The zero-order chi connectivity index (χ0) is 11.5. The largest absolute Gasteiger partial charge is 0.481 e. The van der Waals surface area contributed by atoms with Gasteiger partial charge in [0, 0.05) is 25.0 Å². The minimum Gasteiger partial charge on any atom is -0.481 e. The van der Waals surface area contributed by atoms with Crippen molar-refractivity contribution in [3.63, 3.8) is 0 Å². The maximum atomic E-state index is 11.0. The highest BCUT2D eigenvalue weighted by Gasteiger charge is 2.27. The van der Waals surface area contributed by atoms with Gasteiger partial charge < -0.3 is 15.0 Å². The van der Waals surface area contributed by atoms with Gasteiger partial charge in [-0.2, -0.15) is 0 Å². The summed E-state index contributed by atoms with van der Waals surface area (Å²) >= 11 is 0. The second-order valence-corrected chi connectivity index (χ2v) is 4.35. The molecule has 0 saturated heterocycles. The standard InChI is InChI=1S/C11H18N2O2/c1-11(2,10(14)15)8-13-6-4-5-9(13)7-12-3/h4-6,12H,7-8H2,1-3H3,(H,14,15). The lowest BCUT2D eigenvalue weighted by Gasteiger charge is -2.21. The molecular weight excluding hydrogens is 192 g/mol. The van der Waals surface area contributed by atoms with E-state index in [1.54, 1.807) is 13.8 Å². The molecule has 15 heavy (non-hydrogen) atoms. The first-order chi connectivity index (χ1) is 6.97. The predicted molar refractivity (Wildman–Crippen MR) is 58.6 cm³/mol. The third kappa shape index (κ3) is 2.83. The first kappa shape index (κ1) is 11.8. The number of aliphatic carboxylic acids is 1. The summed E-state index contributed by atoms with van der Waals surface area (Å²) in [5.41, 5.74) is 0.369. The second kappa shape index (κ2) is 4.49. The van der Waals surface area contributed by atoms with Crippen molar-refractivity contribution in [3.05, 3.63) is 24.0 Å². The molecule has 0 unspecified atom stereocenters. The molecule has 84 valence electrons. The molecule has 0 bridgehead atoms. The maximum absolute atomic E-state index is 11.0. The summed E-state index contributed by atoms with van der Waals surface area (Å²) in [6, 6.07) is 3.93. The van der Waals surface area contributed by atoms with Crippen molar-refractivity contribution in [2.24, 2.45) is 5.41 Å². The Hall–Kier alpha value is -1.29. The van der Waals surface area contributed by atoms with Crippen molar-refractivity contribution >= 4 is 5.97 Å². The van der Waals surface area contributed by atoms with Gasteiger partial charge in [0.2, 0.25) is 0 Å². The molecule has 0 atom stereocenters. The third-order valence-corrected chi connectivity index (χ3v) is 2.43. The zero-order valence-corrected chi connectivity index (χ0v) is 9.45. The van der Waals surface area contributed by atoms with E-state index in [0.29, 0.717) is 6.54 Å². The van der Waals surface area contributed by atoms with E-state index in [4.69, 9.17) is 5.11 Å². The number of aromatic nitrogens is 1. The summed E-state index contributed by atoms with van der Waals surface area (Å²) in [5, 5.41) is 12.1. The van der Waals surface area contributed by atoms with Crippen LogP contribution in [-0.4, -0.2) is 22.7 Å². The molecular formula is C11H18N2O2. The van der Waals surface area contributed by atoms with Crippen molar-refractivity contribution < 1.29 is 9.90 Å². The number of carboxylic acid groups (broad SMARTS) is 1. The van der Waals surface area contributed by atoms with Gasteiger partial charge in [-0.25, -0.2) is 0 Å². The van der Waals surface area contributed by atoms with Crippen LogP contribution in [0.15, 0.2) is 18.3 Å². The SMILES string of the molecule is CNCc1cccn1CC(C)(C)C(=O)O. The molecule has 0 saturated carbocycles. The molecule has 0 spiro atoms. The Kier molecular flexibility index (Phi) is 3.52. The Labute approximate surface area is 89.9 Å². The first-order valence-electron chi connectivity index (χ1n) is 4.99. The molecule has 0 aliphatic heterocycles. The fourth-order valence-electron chi connectivity index (χ4n) is 1.44. The van der Waals surface area contributed by atoms with Gasteiger partial charge in [0.05, 0.1) is 5.41 Å². The van der Waals surface area contributed by atoms with Crippen LogP contribution in [-0.2, 0) is 17.9 Å². The maximum Gasteiger partial charge on any atom is 0.310 e. The van der Waals surface area contributed by atoms with Crippen LogP contribution in [0.4, 0.5) is 0 Å². The highest BCUT2D eigenvalue weighted by Crippen LogP contribution is 2.19. The monoisotopic (exact) mass is 210 g/mol. The summed E-state index contributed by atoms with van der Waals surface area (Å²) in [6.07, 6.45) is 1.91. The molecule has 1 aromatic rings. The van der Waals surface area contributed by atoms with E-state index in [1.165, 1.54) is 0 Å². The van der Waals surface area contributed by atoms with Gasteiger partial charge in [-0.15, -0.1) is 0 Å². The van der Waals surface area contributed by atoms with Gasteiger partial charge in [0.1, 0.15) is 0 Å². The van der Waals surface area contributed by atoms with Crippen LogP contribution in [0.5, 0.6) is 0 Å². The van der Waals surface area contributed by atoms with E-state index >= 15 is 0 Å². The molecule has 4 heteroatoms. The molecule has 1 aromatic heterocycles. The third-order valence-electron chi connectivity index (χ3n) is 2.43. The fraction of sp³-hybridized carbons (Fsp3) is 0.545. The lowest BCUT2D eigenvalue weighted by Crippen LogP contribution is -2.30. The van der Waals surface area contributed by atoms with Gasteiger partial charge in [0.15, 0.2) is 0 Å². The highest BCUT2D eigenvalue weighted by atomic mass is 16.4. The average Bonchev–Trinajstić information content (AvgIpc) is 2.52. The smallest absolute Gasteiger partial charge is 0.310 e. The highest BCUT2D eigenvalue weighted by molar-refractivity contribution is 5.73. The predicted octanol–water partition coefficient (Wildman–Crippen LogP) is 1.32. The number of nitrogens with zero attached hydrogens (tertiary/aromatic N) is 1. The molecule has 1 heterocycles. The Morgan fingerprint density at radius 2 is 2.27 bits per heavy atom. The number of hydrogen-bond donors (Lipinski definition) is 2. The van der Waals surface area contributed by atoms with E-state index in [9.17, 15) is 4.79 Å². The Morgan fingerprint density at radius 3 is 2.80 bits per heavy atom. The van der Waals surface area contributed by atoms with Crippen LogP contribution in [0.3, 0.4) is 0 Å². The Bertz CT molecular complexity index is 342. The van der Waals surface area contributed by atoms with E-state index in [0.717, 1.165) is 12.2 Å². The molecule has 2 N–H and O–H groups in total. The summed E-state index contributed by atoms with van der Waals surface area (Å²) < 4.78 is 1.98. The summed E-state index contributed by atoms with van der Waals surface area (Å²) in [6.45, 7) is 4.71. The zero-order valence-electron chi connectivity index (χ0n) is 9.45. The Morgan fingerprint density at radius 1 is 1.60 bits per heavy atom. The van der Waals surface area contributed by atoms with Crippen LogP contribution in [0, 0.1) is 5.41 Å². The lowest BCUT2D eigenvalue weighted by molar-refractivity contribution is -0.147. The molecule has 1 rings (SSSR count). The molecule has 0 aromatic carbocycles. The van der Waals surface area contributed by atoms with Gasteiger partial charge in [-0.1, -0.05) is 0 Å². The van der Waals surface area contributed by atoms with E-state index in [2.05, 4.69) is 5.32 Å². The number of rotatable bonds is 5. The van der Waals surface area contributed by atoms with Crippen molar-refractivity contribution in [2.45, 2.75) is 26.9 Å². The van der Waals surface area contributed by atoms with E-state index in [1.807, 2.05) is 29.9 Å². The van der Waals surface area contributed by atoms with Gasteiger partial charge in [0.25, 0.3) is 0 Å². The minimum absolute atomic E-state index is 0.492. The number of nitrogens with one attached hydrogen (secondary N) is 1. The van der Waals surface area contributed by atoms with Gasteiger partial charge in [-0.3, -0.25) is 4.79 Å². The molecule has 0 radical (unpaired) electrons. The molecule has 0 amide bonds. The lowest BCUT2D eigenvalue weighted by atomic mass is 9.94. The quantitative estimate of drug-likeness (QED) is 0.770. The topological polar surface area (TPSA) is 54.3 Å². The number of hydrogen-bond acceptors (Lipinski definition) is 2. The van der Waals surface area contributed by atoms with Crippen molar-refractivity contribution in [3.8, 4) is 0 Å². The van der Waals surface area contributed by atoms with E-state index < -0.39 is 11.4 Å². The van der Waals surface area contributed by atoms with Crippen molar-refractivity contribution in [2.75, 3.05) is 7.05 Å². The van der Waals surface area contributed by atoms with Crippen LogP contribution in [0.25, 0.3) is 0 Å². The van der Waals surface area contributed by atoms with Crippen molar-refractivity contribution in [1.82, 2.24) is 9.88 Å². The number of carboxylic acids is 1. The Balaban J connectivity index is 2.80. The van der Waals surface area contributed by atoms with Gasteiger partial charge >= 0.3 is 5.97 Å². The summed E-state index contributed by atoms with van der Waals surface area (Å²) in [5.74, 6) is -0.772. The van der Waals surface area contributed by atoms with E-state index in [-0.39, 0.29) is 0 Å². The van der Waals surface area contributed by atoms with Crippen LogP contribution in [0.2, 0.25) is 0 Å². The van der Waals surface area contributed by atoms with Gasteiger partial charge in [-0.05, 0) is 33.0 Å². The van der Waals surface area contributed by atoms with Crippen LogP contribution >= 0.6 is 0 Å². The molecule has 0 aliphatic carbocycles. The fourth-order valence-corrected chi connectivity index (χ4v) is 1.44. The van der Waals surface area contributed by atoms with Crippen LogP contribution in [0.1, 0.15) is 19.5 Å². The normalized spacial score (nSPS) is 11.7. The summed E-state index contributed by atoms with van der Waals surface area (Å²) in [7, 11) is 1.87. The van der Waals surface area contributed by atoms with Crippen molar-refractivity contribution in [1.29, 1.82) is 0 Å².